The van der Waals surface area contributed by atoms with Gasteiger partial charge in [-0.25, -0.2) is 0 Å². The lowest BCUT2D eigenvalue weighted by Crippen LogP contribution is -2.52. The predicted molar refractivity (Wildman–Crippen MR) is 107 cm³/mol. The van der Waals surface area contributed by atoms with Gasteiger partial charge in [-0.2, -0.15) is 0 Å². The molecule has 1 aromatic rings. The van der Waals surface area contributed by atoms with Gasteiger partial charge < -0.3 is 10.2 Å². The van der Waals surface area contributed by atoms with Crippen molar-refractivity contribution in [1.29, 1.82) is 0 Å². The Kier molecular flexibility index (Phi) is 4.87. The first-order valence-corrected chi connectivity index (χ1v) is 10.8. The number of likely N-dealkylation sites (tertiary alicyclic amines) is 1. The van der Waals surface area contributed by atoms with Crippen molar-refractivity contribution >= 4 is 17.7 Å². The summed E-state index contributed by atoms with van der Waals surface area (Å²) in [5.41, 5.74) is 2.92. The minimum atomic E-state index is -0.548. The quantitative estimate of drug-likeness (QED) is 0.746. The van der Waals surface area contributed by atoms with Crippen LogP contribution < -0.4 is 10.6 Å². The number of fused-ring (bicyclic) bond motifs is 2. The van der Waals surface area contributed by atoms with E-state index in [0.29, 0.717) is 24.6 Å². The number of benzene rings is 1. The van der Waals surface area contributed by atoms with Crippen LogP contribution in [0, 0.1) is 5.92 Å². The molecule has 1 aromatic carbocycles. The largest absolute Gasteiger partial charge is 0.322 e. The number of imide groups is 1. The first-order valence-electron chi connectivity index (χ1n) is 10.8. The third-order valence-corrected chi connectivity index (χ3v) is 7.03. The monoisotopic (exact) mass is 396 g/mol. The van der Waals surface area contributed by atoms with Crippen LogP contribution >= 0.6 is 0 Å². The Balaban J connectivity index is 1.31. The Bertz CT molecular complexity index is 852. The summed E-state index contributed by atoms with van der Waals surface area (Å²) in [6.07, 6.45) is 4.46. The summed E-state index contributed by atoms with van der Waals surface area (Å²) in [6, 6.07) is 6.23. The second-order valence-electron chi connectivity index (χ2n) is 8.82. The van der Waals surface area contributed by atoms with Crippen LogP contribution in [0.2, 0.25) is 0 Å². The van der Waals surface area contributed by atoms with Crippen LogP contribution in [0.25, 0.3) is 0 Å². The molecule has 0 aliphatic carbocycles. The van der Waals surface area contributed by atoms with Gasteiger partial charge in [-0.05, 0) is 68.4 Å². The van der Waals surface area contributed by atoms with E-state index in [0.717, 1.165) is 37.7 Å². The van der Waals surface area contributed by atoms with E-state index in [2.05, 4.69) is 27.7 Å². The van der Waals surface area contributed by atoms with Crippen molar-refractivity contribution < 1.29 is 14.4 Å². The second kappa shape index (κ2) is 7.54. The van der Waals surface area contributed by atoms with Crippen molar-refractivity contribution in [2.45, 2.75) is 57.3 Å². The number of carbonyl (C=O) groups is 3. The summed E-state index contributed by atoms with van der Waals surface area (Å²) in [6.45, 7) is 4.73. The first-order chi connectivity index (χ1) is 14.1. The van der Waals surface area contributed by atoms with E-state index in [9.17, 15) is 14.4 Å². The maximum atomic E-state index is 12.9. The number of hydrogen-bond acceptors (Lipinski definition) is 5. The van der Waals surface area contributed by atoms with Gasteiger partial charge in [0.05, 0.1) is 0 Å². The van der Waals surface area contributed by atoms with Gasteiger partial charge in [0.1, 0.15) is 6.04 Å². The average Bonchev–Trinajstić information content (AvgIpc) is 3.04. The van der Waals surface area contributed by atoms with E-state index in [1.165, 1.54) is 24.8 Å². The van der Waals surface area contributed by atoms with Gasteiger partial charge in [-0.1, -0.05) is 12.1 Å². The Morgan fingerprint density at radius 3 is 2.86 bits per heavy atom. The molecule has 1 unspecified atom stereocenters. The molecule has 3 saturated heterocycles. The zero-order chi connectivity index (χ0) is 20.0. The smallest absolute Gasteiger partial charge is 0.255 e. The molecule has 29 heavy (non-hydrogen) atoms. The second-order valence-corrected chi connectivity index (χ2v) is 8.82. The zero-order valence-corrected chi connectivity index (χ0v) is 16.7. The molecule has 0 radical (unpaired) electrons. The average molecular weight is 396 g/mol. The van der Waals surface area contributed by atoms with Crippen LogP contribution in [0.4, 0.5) is 0 Å². The van der Waals surface area contributed by atoms with E-state index in [1.807, 2.05) is 6.07 Å². The van der Waals surface area contributed by atoms with E-state index in [4.69, 9.17) is 0 Å². The number of nitrogens with one attached hydrogen (secondary N) is 2. The molecule has 4 heterocycles. The molecule has 4 aliphatic rings. The summed E-state index contributed by atoms with van der Waals surface area (Å²) in [7, 11) is 0. The Labute approximate surface area is 170 Å². The van der Waals surface area contributed by atoms with Gasteiger partial charge in [-0.3, -0.25) is 24.6 Å². The van der Waals surface area contributed by atoms with Gasteiger partial charge >= 0.3 is 0 Å². The van der Waals surface area contributed by atoms with Crippen molar-refractivity contribution in [1.82, 2.24) is 20.4 Å². The molecular weight excluding hydrogens is 368 g/mol. The van der Waals surface area contributed by atoms with Crippen LogP contribution in [-0.2, 0) is 22.7 Å². The predicted octanol–water partition coefficient (Wildman–Crippen LogP) is 1.02. The minimum Gasteiger partial charge on any atom is -0.322 e. The molecule has 154 valence electrons. The van der Waals surface area contributed by atoms with Gasteiger partial charge in [0.2, 0.25) is 11.8 Å². The summed E-state index contributed by atoms with van der Waals surface area (Å²) in [5.74, 6) is 0.0392. The van der Waals surface area contributed by atoms with Crippen LogP contribution in [0.15, 0.2) is 18.2 Å². The fourth-order valence-electron chi connectivity index (χ4n) is 5.56. The van der Waals surface area contributed by atoms with Crippen LogP contribution in [0.3, 0.4) is 0 Å². The summed E-state index contributed by atoms with van der Waals surface area (Å²) < 4.78 is 0. The number of carbonyl (C=O) groups excluding carboxylic acids is 3. The Hall–Kier alpha value is -2.25. The molecule has 0 aromatic heterocycles. The highest BCUT2D eigenvalue weighted by Crippen LogP contribution is 2.31. The van der Waals surface area contributed by atoms with E-state index in [1.54, 1.807) is 4.90 Å². The highest BCUT2D eigenvalue weighted by molar-refractivity contribution is 6.05. The van der Waals surface area contributed by atoms with Gasteiger partial charge in [0, 0.05) is 31.1 Å². The van der Waals surface area contributed by atoms with Gasteiger partial charge in [-0.15, -0.1) is 0 Å². The standard InChI is InChI=1S/C22H28N4O3/c27-20-6-5-19(21(28)24-20)26-13-16-10-14(3-4-17(16)22(26)29)12-25-9-1-2-15-11-23-8-7-18(15)25/h3-4,10,15,18-19,23H,1-2,5-9,11-13H2,(H,24,27,28)/t15-,18+,19?/m1/s1. The maximum absolute atomic E-state index is 12.9. The van der Waals surface area contributed by atoms with Crippen molar-refractivity contribution in [3.05, 3.63) is 34.9 Å². The summed E-state index contributed by atoms with van der Waals surface area (Å²) >= 11 is 0. The zero-order valence-electron chi connectivity index (χ0n) is 16.7. The summed E-state index contributed by atoms with van der Waals surface area (Å²) in [4.78, 5) is 40.7. The van der Waals surface area contributed by atoms with Crippen LogP contribution in [0.5, 0.6) is 0 Å². The molecule has 0 bridgehead atoms. The first kappa shape index (κ1) is 18.8. The van der Waals surface area contributed by atoms with Crippen molar-refractivity contribution in [2.75, 3.05) is 19.6 Å². The fraction of sp³-hybridized carbons (Fsp3) is 0.591. The molecule has 3 amide bonds. The molecule has 7 heteroatoms. The molecule has 0 saturated carbocycles. The fourth-order valence-corrected chi connectivity index (χ4v) is 5.56. The topological polar surface area (TPSA) is 81.8 Å². The van der Waals surface area contributed by atoms with Gasteiger partial charge in [0.25, 0.3) is 5.91 Å². The van der Waals surface area contributed by atoms with Gasteiger partial charge in [0.15, 0.2) is 0 Å². The molecule has 2 N–H and O–H groups in total. The molecule has 3 atom stereocenters. The highest BCUT2D eigenvalue weighted by atomic mass is 16.2. The molecule has 0 spiro atoms. The van der Waals surface area contributed by atoms with E-state index >= 15 is 0 Å². The van der Waals surface area contributed by atoms with E-state index in [-0.39, 0.29) is 24.1 Å². The molecule has 3 fully saturated rings. The van der Waals surface area contributed by atoms with Crippen molar-refractivity contribution in [2.24, 2.45) is 5.92 Å². The summed E-state index contributed by atoms with van der Waals surface area (Å²) in [5, 5.41) is 5.89. The Morgan fingerprint density at radius 1 is 1.10 bits per heavy atom. The number of piperidine rings is 3. The number of amides is 3. The number of hydrogen-bond donors (Lipinski definition) is 2. The molecule has 7 nitrogen and oxygen atoms in total. The SMILES string of the molecule is O=C1CCC(N2Cc3cc(CN4CCC[C@@H]5CNCC[C@@H]54)ccc3C2=O)C(=O)N1. The highest BCUT2D eigenvalue weighted by Gasteiger charge is 2.39. The molecule has 4 aliphatic heterocycles. The lowest BCUT2D eigenvalue weighted by Gasteiger charge is -2.44. The van der Waals surface area contributed by atoms with E-state index < -0.39 is 6.04 Å². The lowest BCUT2D eigenvalue weighted by molar-refractivity contribution is -0.136. The van der Waals surface area contributed by atoms with Crippen LogP contribution in [-0.4, -0.2) is 59.2 Å². The third kappa shape index (κ3) is 3.46. The minimum absolute atomic E-state index is 0.0996. The lowest BCUT2D eigenvalue weighted by atomic mass is 9.84. The normalized spacial score (nSPS) is 30.1. The molecule has 5 rings (SSSR count). The molecular formula is C22H28N4O3. The van der Waals surface area contributed by atoms with Crippen molar-refractivity contribution in [3.8, 4) is 0 Å². The van der Waals surface area contributed by atoms with Crippen molar-refractivity contribution in [3.63, 3.8) is 0 Å². The third-order valence-electron chi connectivity index (χ3n) is 7.03. The van der Waals surface area contributed by atoms with Crippen LogP contribution in [0.1, 0.15) is 53.6 Å². The maximum Gasteiger partial charge on any atom is 0.255 e. The Morgan fingerprint density at radius 2 is 2.00 bits per heavy atom. The number of nitrogens with zero attached hydrogens (tertiary/aromatic N) is 2. The number of rotatable bonds is 3.